The maximum atomic E-state index is 11.7. The zero-order valence-electron chi connectivity index (χ0n) is 12.7. The molecule has 2 aromatic carbocycles. The Bertz CT molecular complexity index is 700. The van der Waals surface area contributed by atoms with Gasteiger partial charge in [-0.05, 0) is 29.8 Å². The Balaban J connectivity index is 1.82. The van der Waals surface area contributed by atoms with Crippen LogP contribution in [0.3, 0.4) is 0 Å². The van der Waals surface area contributed by atoms with Crippen molar-refractivity contribution in [3.63, 3.8) is 0 Å². The number of aromatic hydroxyl groups is 1. The molecular weight excluding hydrogens is 296 g/mol. The van der Waals surface area contributed by atoms with Gasteiger partial charge in [0.2, 0.25) is 5.91 Å². The number of esters is 1. The largest absolute Gasteiger partial charge is 0.506 e. The van der Waals surface area contributed by atoms with E-state index in [0.29, 0.717) is 11.4 Å². The van der Waals surface area contributed by atoms with Gasteiger partial charge in [0, 0.05) is 12.6 Å². The van der Waals surface area contributed by atoms with Crippen molar-refractivity contribution in [2.45, 2.75) is 13.5 Å². The minimum atomic E-state index is -0.446. The number of hydrogen-bond acceptors (Lipinski definition) is 5. The van der Waals surface area contributed by atoms with E-state index >= 15 is 0 Å². The number of nitrogens with one attached hydrogen (secondary N) is 2. The standard InChI is InChI=1S/C17H18N2O4/c1-12(20)19-14-6-4-5-13(9-14)11-23-17(22)10-18-15-7-2-3-8-16(15)21/h2-9,18,21H,10-11H2,1H3,(H,19,20). The van der Waals surface area contributed by atoms with Crippen LogP contribution >= 0.6 is 0 Å². The Morgan fingerprint density at radius 1 is 1.13 bits per heavy atom. The molecule has 0 saturated carbocycles. The summed E-state index contributed by atoms with van der Waals surface area (Å²) in [4.78, 5) is 22.7. The fraction of sp³-hybridized carbons (Fsp3) is 0.176. The van der Waals surface area contributed by atoms with Crippen molar-refractivity contribution < 1.29 is 19.4 Å². The Morgan fingerprint density at radius 3 is 2.65 bits per heavy atom. The quantitative estimate of drug-likeness (QED) is 0.563. The lowest BCUT2D eigenvalue weighted by molar-refractivity contribution is -0.142. The highest BCUT2D eigenvalue weighted by molar-refractivity contribution is 5.88. The Morgan fingerprint density at radius 2 is 1.91 bits per heavy atom. The van der Waals surface area contributed by atoms with Crippen molar-refractivity contribution in [3.05, 3.63) is 54.1 Å². The van der Waals surface area contributed by atoms with Crippen molar-refractivity contribution in [3.8, 4) is 5.75 Å². The molecule has 3 N–H and O–H groups in total. The van der Waals surface area contributed by atoms with Gasteiger partial charge in [0.1, 0.15) is 18.9 Å². The lowest BCUT2D eigenvalue weighted by Crippen LogP contribution is -2.16. The van der Waals surface area contributed by atoms with Gasteiger partial charge in [-0.1, -0.05) is 24.3 Å². The van der Waals surface area contributed by atoms with Gasteiger partial charge in [-0.15, -0.1) is 0 Å². The second-order valence-corrected chi connectivity index (χ2v) is 4.91. The first-order chi connectivity index (χ1) is 11.0. The molecule has 0 saturated heterocycles. The number of benzene rings is 2. The third-order valence-electron chi connectivity index (χ3n) is 2.97. The normalized spacial score (nSPS) is 9.96. The fourth-order valence-electron chi connectivity index (χ4n) is 1.95. The lowest BCUT2D eigenvalue weighted by Gasteiger charge is -2.09. The molecule has 0 bridgehead atoms. The summed E-state index contributed by atoms with van der Waals surface area (Å²) < 4.78 is 5.15. The summed E-state index contributed by atoms with van der Waals surface area (Å²) in [6, 6.07) is 13.7. The van der Waals surface area contributed by atoms with Crippen LogP contribution in [0.5, 0.6) is 5.75 Å². The van der Waals surface area contributed by atoms with Crippen molar-refractivity contribution in [1.82, 2.24) is 0 Å². The Hall–Kier alpha value is -3.02. The van der Waals surface area contributed by atoms with Gasteiger partial charge in [0.25, 0.3) is 0 Å². The molecule has 0 unspecified atom stereocenters. The van der Waals surface area contributed by atoms with E-state index in [9.17, 15) is 14.7 Å². The van der Waals surface area contributed by atoms with Crippen LogP contribution in [0.1, 0.15) is 12.5 Å². The molecule has 2 aromatic rings. The maximum Gasteiger partial charge on any atom is 0.325 e. The number of phenols is 1. The number of para-hydroxylation sites is 2. The van der Waals surface area contributed by atoms with Crippen LogP contribution in [0.15, 0.2) is 48.5 Å². The SMILES string of the molecule is CC(=O)Nc1cccc(COC(=O)CNc2ccccc2O)c1. The molecule has 0 aliphatic rings. The van der Waals surface area contributed by atoms with E-state index < -0.39 is 5.97 Å². The molecule has 0 aliphatic heterocycles. The Labute approximate surface area is 134 Å². The number of amides is 1. The average Bonchev–Trinajstić information content (AvgIpc) is 2.52. The van der Waals surface area contributed by atoms with Crippen LogP contribution in [0.4, 0.5) is 11.4 Å². The maximum absolute atomic E-state index is 11.7. The minimum absolute atomic E-state index is 0.0526. The summed E-state index contributed by atoms with van der Waals surface area (Å²) in [5, 5.41) is 15.1. The fourth-order valence-corrected chi connectivity index (χ4v) is 1.95. The summed E-state index contributed by atoms with van der Waals surface area (Å²) in [5.74, 6) is -0.535. The van der Waals surface area contributed by atoms with Gasteiger partial charge in [-0.2, -0.15) is 0 Å². The predicted octanol–water partition coefficient (Wildman–Crippen LogP) is 2.51. The number of ether oxygens (including phenoxy) is 1. The van der Waals surface area contributed by atoms with E-state index in [0.717, 1.165) is 5.56 Å². The van der Waals surface area contributed by atoms with E-state index in [2.05, 4.69) is 10.6 Å². The molecule has 2 rings (SSSR count). The summed E-state index contributed by atoms with van der Waals surface area (Å²) in [7, 11) is 0. The number of rotatable bonds is 6. The molecule has 0 fully saturated rings. The second kappa shape index (κ2) is 7.84. The number of phenolic OH excluding ortho intramolecular Hbond substituents is 1. The van der Waals surface area contributed by atoms with E-state index in [1.54, 1.807) is 42.5 Å². The van der Waals surface area contributed by atoms with Crippen LogP contribution in [-0.2, 0) is 20.9 Å². The molecule has 0 aliphatic carbocycles. The molecule has 0 atom stereocenters. The first-order valence-electron chi connectivity index (χ1n) is 7.08. The first-order valence-corrected chi connectivity index (χ1v) is 7.08. The second-order valence-electron chi connectivity index (χ2n) is 4.91. The third kappa shape index (κ3) is 5.35. The van der Waals surface area contributed by atoms with Gasteiger partial charge >= 0.3 is 5.97 Å². The van der Waals surface area contributed by atoms with E-state index in [4.69, 9.17) is 4.74 Å². The predicted molar refractivity (Wildman–Crippen MR) is 87.1 cm³/mol. The third-order valence-corrected chi connectivity index (χ3v) is 2.97. The average molecular weight is 314 g/mol. The molecule has 0 spiro atoms. The first kappa shape index (κ1) is 16.4. The number of carbonyl (C=O) groups excluding carboxylic acids is 2. The van der Waals surface area contributed by atoms with Gasteiger partial charge in [0.05, 0.1) is 5.69 Å². The molecule has 6 heteroatoms. The van der Waals surface area contributed by atoms with Crippen molar-refractivity contribution >= 4 is 23.3 Å². The van der Waals surface area contributed by atoms with Crippen molar-refractivity contribution in [2.24, 2.45) is 0 Å². The molecular formula is C17H18N2O4. The molecule has 120 valence electrons. The van der Waals surface area contributed by atoms with Crippen LogP contribution < -0.4 is 10.6 Å². The van der Waals surface area contributed by atoms with Crippen LogP contribution in [0, 0.1) is 0 Å². The molecule has 0 radical (unpaired) electrons. The van der Waals surface area contributed by atoms with Crippen LogP contribution in [0.2, 0.25) is 0 Å². The molecule has 1 amide bonds. The lowest BCUT2D eigenvalue weighted by atomic mass is 10.2. The van der Waals surface area contributed by atoms with Crippen LogP contribution in [0.25, 0.3) is 0 Å². The summed E-state index contributed by atoms with van der Waals surface area (Å²) in [6.07, 6.45) is 0. The highest BCUT2D eigenvalue weighted by atomic mass is 16.5. The van der Waals surface area contributed by atoms with Crippen molar-refractivity contribution in [2.75, 3.05) is 17.2 Å². The van der Waals surface area contributed by atoms with E-state index in [1.165, 1.54) is 13.0 Å². The number of anilines is 2. The molecule has 23 heavy (non-hydrogen) atoms. The minimum Gasteiger partial charge on any atom is -0.506 e. The highest BCUT2D eigenvalue weighted by Gasteiger charge is 2.06. The van der Waals surface area contributed by atoms with Gasteiger partial charge in [-0.25, -0.2) is 0 Å². The summed E-state index contributed by atoms with van der Waals surface area (Å²) in [6.45, 7) is 1.48. The molecule has 0 aromatic heterocycles. The van der Waals surface area contributed by atoms with E-state index in [-0.39, 0.29) is 24.8 Å². The Kier molecular flexibility index (Phi) is 5.57. The summed E-state index contributed by atoms with van der Waals surface area (Å²) >= 11 is 0. The zero-order valence-corrected chi connectivity index (χ0v) is 12.7. The molecule has 0 heterocycles. The number of hydrogen-bond donors (Lipinski definition) is 3. The molecule has 6 nitrogen and oxygen atoms in total. The van der Waals surface area contributed by atoms with E-state index in [1.807, 2.05) is 0 Å². The zero-order chi connectivity index (χ0) is 16.7. The smallest absolute Gasteiger partial charge is 0.325 e. The monoisotopic (exact) mass is 314 g/mol. The summed E-state index contributed by atoms with van der Waals surface area (Å²) in [5.41, 5.74) is 1.89. The number of carbonyl (C=O) groups is 2. The van der Waals surface area contributed by atoms with Gasteiger partial charge in [0.15, 0.2) is 0 Å². The van der Waals surface area contributed by atoms with Crippen molar-refractivity contribution in [1.29, 1.82) is 0 Å². The van der Waals surface area contributed by atoms with Crippen LogP contribution in [-0.4, -0.2) is 23.5 Å². The van der Waals surface area contributed by atoms with Gasteiger partial charge in [-0.3, -0.25) is 9.59 Å². The topological polar surface area (TPSA) is 87.7 Å². The highest BCUT2D eigenvalue weighted by Crippen LogP contribution is 2.21. The van der Waals surface area contributed by atoms with Gasteiger partial charge < -0.3 is 20.5 Å².